The zero-order chi connectivity index (χ0) is 20.9. The lowest BCUT2D eigenvalue weighted by molar-refractivity contribution is -0.132. The highest BCUT2D eigenvalue weighted by Gasteiger charge is 2.50. The number of rotatable bonds is 7. The van der Waals surface area contributed by atoms with E-state index in [4.69, 9.17) is 0 Å². The minimum Gasteiger partial charge on any atom is -0.465 e. The second kappa shape index (κ2) is 9.07. The average molecular weight is 401 g/mol. The summed E-state index contributed by atoms with van der Waals surface area (Å²) in [7, 11) is 1.33. The Morgan fingerprint density at radius 1 is 1.14 bits per heavy atom. The smallest absolute Gasteiger partial charge is 0.337 e. The molecule has 1 aromatic carbocycles. The maximum absolute atomic E-state index is 12.7. The first-order valence-electron chi connectivity index (χ1n) is 10.0. The molecule has 0 bridgehead atoms. The highest BCUT2D eigenvalue weighted by atomic mass is 16.5. The summed E-state index contributed by atoms with van der Waals surface area (Å²) < 4.78 is 4.66. The first-order chi connectivity index (χ1) is 13.9. The van der Waals surface area contributed by atoms with Gasteiger partial charge in [-0.05, 0) is 37.0 Å². The molecule has 0 unspecified atom stereocenters. The molecule has 1 saturated carbocycles. The van der Waals surface area contributed by atoms with Gasteiger partial charge >= 0.3 is 12.0 Å². The Morgan fingerprint density at radius 3 is 2.48 bits per heavy atom. The van der Waals surface area contributed by atoms with E-state index in [2.05, 4.69) is 15.4 Å². The summed E-state index contributed by atoms with van der Waals surface area (Å²) >= 11 is 0. The van der Waals surface area contributed by atoms with E-state index in [-0.39, 0.29) is 30.7 Å². The topological polar surface area (TPSA) is 105 Å². The van der Waals surface area contributed by atoms with Crippen LogP contribution in [0.3, 0.4) is 0 Å². The van der Waals surface area contributed by atoms with Crippen molar-refractivity contribution in [2.24, 2.45) is 0 Å². The molecule has 1 spiro atoms. The lowest BCUT2D eigenvalue weighted by Gasteiger charge is -2.30. The van der Waals surface area contributed by atoms with Crippen molar-refractivity contribution in [3.05, 3.63) is 35.4 Å². The standard InChI is InChI=1S/C21H27N3O5/c1-29-18(26)16-7-5-15(6-8-16)9-13-22-17(25)10-14-24-19(27)21(23-20(24)28)11-3-2-4-12-21/h5-8H,2-4,9-14H2,1H3,(H,22,25)(H,23,28). The van der Waals surface area contributed by atoms with Gasteiger partial charge in [0.1, 0.15) is 5.54 Å². The lowest BCUT2D eigenvalue weighted by atomic mass is 9.82. The number of imide groups is 1. The molecule has 0 radical (unpaired) electrons. The van der Waals surface area contributed by atoms with Crippen molar-refractivity contribution in [3.63, 3.8) is 0 Å². The van der Waals surface area contributed by atoms with E-state index < -0.39 is 11.6 Å². The van der Waals surface area contributed by atoms with Gasteiger partial charge in [-0.25, -0.2) is 9.59 Å². The van der Waals surface area contributed by atoms with Gasteiger partial charge in [0.15, 0.2) is 0 Å². The van der Waals surface area contributed by atoms with Crippen LogP contribution in [0.15, 0.2) is 24.3 Å². The van der Waals surface area contributed by atoms with Crippen molar-refractivity contribution in [1.29, 1.82) is 0 Å². The van der Waals surface area contributed by atoms with Crippen LogP contribution in [0.2, 0.25) is 0 Å². The van der Waals surface area contributed by atoms with Crippen molar-refractivity contribution < 1.29 is 23.9 Å². The predicted octanol–water partition coefficient (Wildman–Crippen LogP) is 1.78. The van der Waals surface area contributed by atoms with Crippen LogP contribution in [0.5, 0.6) is 0 Å². The number of amides is 4. The Balaban J connectivity index is 1.41. The van der Waals surface area contributed by atoms with Crippen LogP contribution in [-0.2, 0) is 20.7 Å². The Bertz CT molecular complexity index is 784. The number of carbonyl (C=O) groups is 4. The first kappa shape index (κ1) is 20.8. The molecular weight excluding hydrogens is 374 g/mol. The molecule has 3 rings (SSSR count). The maximum atomic E-state index is 12.7. The number of hydrogen-bond acceptors (Lipinski definition) is 5. The van der Waals surface area contributed by atoms with Crippen molar-refractivity contribution in [2.45, 2.75) is 50.5 Å². The Hall–Kier alpha value is -2.90. The number of esters is 1. The number of benzene rings is 1. The van der Waals surface area contributed by atoms with Crippen LogP contribution in [0.4, 0.5) is 4.79 Å². The van der Waals surface area contributed by atoms with E-state index in [1.165, 1.54) is 12.0 Å². The lowest BCUT2D eigenvalue weighted by Crippen LogP contribution is -2.48. The molecule has 0 aromatic heterocycles. The van der Waals surface area contributed by atoms with Crippen LogP contribution >= 0.6 is 0 Å². The molecule has 1 aliphatic heterocycles. The molecule has 29 heavy (non-hydrogen) atoms. The summed E-state index contributed by atoms with van der Waals surface area (Å²) in [5.74, 6) is -0.789. The number of nitrogens with one attached hydrogen (secondary N) is 2. The SMILES string of the molecule is COC(=O)c1ccc(CCNC(=O)CCN2C(=O)NC3(CCCCC3)C2=O)cc1. The Morgan fingerprint density at radius 2 is 1.83 bits per heavy atom. The van der Waals surface area contributed by atoms with Crippen LogP contribution in [0.25, 0.3) is 0 Å². The minimum absolute atomic E-state index is 0.0799. The van der Waals surface area contributed by atoms with Crippen LogP contribution in [0, 0.1) is 0 Å². The van der Waals surface area contributed by atoms with Gasteiger partial charge in [0.25, 0.3) is 5.91 Å². The second-order valence-corrected chi connectivity index (χ2v) is 7.57. The van der Waals surface area contributed by atoms with Crippen LogP contribution in [-0.4, -0.2) is 54.5 Å². The van der Waals surface area contributed by atoms with E-state index in [0.29, 0.717) is 31.4 Å². The highest BCUT2D eigenvalue weighted by molar-refractivity contribution is 6.07. The number of methoxy groups -OCH3 is 1. The Labute approximate surface area is 170 Å². The summed E-state index contributed by atoms with van der Waals surface area (Å²) in [6.45, 7) is 0.520. The normalized spacial score (nSPS) is 17.9. The summed E-state index contributed by atoms with van der Waals surface area (Å²) in [6.07, 6.45) is 4.99. The molecule has 1 saturated heterocycles. The number of carbonyl (C=O) groups excluding carboxylic acids is 4. The number of ether oxygens (including phenoxy) is 1. The largest absolute Gasteiger partial charge is 0.465 e. The van der Waals surface area contributed by atoms with E-state index in [1.807, 2.05) is 12.1 Å². The van der Waals surface area contributed by atoms with Gasteiger partial charge in [0.2, 0.25) is 5.91 Å². The third-order valence-corrected chi connectivity index (χ3v) is 5.63. The minimum atomic E-state index is -0.748. The van der Waals surface area contributed by atoms with Gasteiger partial charge in [-0.3, -0.25) is 14.5 Å². The number of nitrogens with zero attached hydrogens (tertiary/aromatic N) is 1. The van der Waals surface area contributed by atoms with Crippen molar-refractivity contribution in [2.75, 3.05) is 20.2 Å². The fourth-order valence-electron chi connectivity index (χ4n) is 3.95. The van der Waals surface area contributed by atoms with Gasteiger partial charge in [-0.2, -0.15) is 0 Å². The zero-order valence-corrected chi connectivity index (χ0v) is 16.7. The van der Waals surface area contributed by atoms with Gasteiger partial charge in [0.05, 0.1) is 12.7 Å². The van der Waals surface area contributed by atoms with Gasteiger partial charge < -0.3 is 15.4 Å². The van der Waals surface area contributed by atoms with E-state index in [1.54, 1.807) is 12.1 Å². The molecule has 4 amide bonds. The molecule has 2 aliphatic rings. The average Bonchev–Trinajstić information content (AvgIpc) is 2.95. The highest BCUT2D eigenvalue weighted by Crippen LogP contribution is 2.33. The quantitative estimate of drug-likeness (QED) is 0.535. The van der Waals surface area contributed by atoms with E-state index in [9.17, 15) is 19.2 Å². The van der Waals surface area contributed by atoms with Crippen LogP contribution in [0.1, 0.15) is 54.4 Å². The number of hydrogen-bond donors (Lipinski definition) is 2. The molecule has 1 heterocycles. The number of urea groups is 1. The molecule has 1 aliphatic carbocycles. The second-order valence-electron chi connectivity index (χ2n) is 7.57. The third kappa shape index (κ3) is 4.75. The van der Waals surface area contributed by atoms with E-state index >= 15 is 0 Å². The van der Waals surface area contributed by atoms with Gasteiger partial charge in [0, 0.05) is 19.5 Å². The summed E-state index contributed by atoms with van der Waals surface area (Å²) in [5.41, 5.74) is 0.707. The monoisotopic (exact) mass is 401 g/mol. The fourth-order valence-corrected chi connectivity index (χ4v) is 3.95. The van der Waals surface area contributed by atoms with Crippen LogP contribution < -0.4 is 10.6 Å². The summed E-state index contributed by atoms with van der Waals surface area (Å²) in [6, 6.07) is 6.60. The molecule has 156 valence electrons. The third-order valence-electron chi connectivity index (χ3n) is 5.63. The predicted molar refractivity (Wildman–Crippen MR) is 105 cm³/mol. The van der Waals surface area contributed by atoms with Crippen molar-refractivity contribution in [3.8, 4) is 0 Å². The molecule has 8 heteroatoms. The van der Waals surface area contributed by atoms with E-state index in [0.717, 1.165) is 24.8 Å². The molecular formula is C21H27N3O5. The summed E-state index contributed by atoms with van der Waals surface area (Å²) in [5, 5.41) is 5.65. The molecule has 2 fully saturated rings. The molecule has 2 N–H and O–H groups in total. The first-order valence-corrected chi connectivity index (χ1v) is 10.0. The fraction of sp³-hybridized carbons (Fsp3) is 0.524. The zero-order valence-electron chi connectivity index (χ0n) is 16.7. The van der Waals surface area contributed by atoms with Crippen molar-refractivity contribution >= 4 is 23.8 Å². The molecule has 8 nitrogen and oxygen atoms in total. The molecule has 1 aromatic rings. The Kier molecular flexibility index (Phi) is 6.51. The van der Waals surface area contributed by atoms with Crippen molar-refractivity contribution in [1.82, 2.24) is 15.5 Å². The summed E-state index contributed by atoms with van der Waals surface area (Å²) in [4.78, 5) is 49.6. The molecule has 0 atom stereocenters. The van der Waals surface area contributed by atoms with Gasteiger partial charge in [-0.1, -0.05) is 31.4 Å². The maximum Gasteiger partial charge on any atom is 0.337 e. The van der Waals surface area contributed by atoms with Gasteiger partial charge in [-0.15, -0.1) is 0 Å².